The van der Waals surface area contributed by atoms with E-state index in [-0.39, 0.29) is 28.9 Å². The number of rotatable bonds is 9. The molecule has 0 spiro atoms. The molecule has 39 heavy (non-hydrogen) atoms. The molecule has 10 heteroatoms. The average Bonchev–Trinajstić information content (AvgIpc) is 3.51. The van der Waals surface area contributed by atoms with Crippen molar-refractivity contribution < 1.29 is 13.9 Å². The fourth-order valence-corrected chi connectivity index (χ4v) is 5.23. The van der Waals surface area contributed by atoms with E-state index in [1.165, 1.54) is 16.7 Å². The van der Waals surface area contributed by atoms with Crippen LogP contribution in [0.3, 0.4) is 0 Å². The Morgan fingerprint density at radius 3 is 2.28 bits per heavy atom. The van der Waals surface area contributed by atoms with Crippen LogP contribution in [-0.2, 0) is 24.9 Å². The van der Waals surface area contributed by atoms with Gasteiger partial charge in [0.25, 0.3) is 5.56 Å². The molecule has 2 atom stereocenters. The monoisotopic (exact) mass is 533 g/mol. The van der Waals surface area contributed by atoms with Gasteiger partial charge in [-0.3, -0.25) is 18.7 Å². The highest BCUT2D eigenvalue weighted by atomic mass is 19.1. The molecule has 3 heterocycles. The lowest BCUT2D eigenvalue weighted by Gasteiger charge is -2.24. The number of benzene rings is 2. The van der Waals surface area contributed by atoms with Crippen molar-refractivity contribution in [2.45, 2.75) is 52.3 Å². The molecule has 9 nitrogen and oxygen atoms in total. The summed E-state index contributed by atoms with van der Waals surface area (Å²) in [6.45, 7) is 5.20. The van der Waals surface area contributed by atoms with Crippen molar-refractivity contribution in [3.63, 3.8) is 0 Å². The molecule has 1 aliphatic rings. The lowest BCUT2D eigenvalue weighted by atomic mass is 9.94. The van der Waals surface area contributed by atoms with Gasteiger partial charge in [0.2, 0.25) is 5.91 Å². The maximum atomic E-state index is 13.6. The van der Waals surface area contributed by atoms with Crippen LogP contribution in [0.15, 0.2) is 58.1 Å². The van der Waals surface area contributed by atoms with Crippen molar-refractivity contribution in [1.82, 2.24) is 24.0 Å². The van der Waals surface area contributed by atoms with Gasteiger partial charge in [0.15, 0.2) is 11.2 Å². The lowest BCUT2D eigenvalue weighted by Crippen LogP contribution is -2.40. The molecular weight excluding hydrogens is 501 g/mol. The first kappa shape index (κ1) is 26.4. The van der Waals surface area contributed by atoms with Crippen LogP contribution in [0.1, 0.15) is 44.8 Å². The predicted molar refractivity (Wildman–Crippen MR) is 146 cm³/mol. The van der Waals surface area contributed by atoms with Crippen LogP contribution in [0.5, 0.6) is 5.75 Å². The summed E-state index contributed by atoms with van der Waals surface area (Å²) in [5.41, 5.74) is 1.64. The second kappa shape index (κ2) is 10.9. The molecule has 1 fully saturated rings. The van der Waals surface area contributed by atoms with E-state index in [0.29, 0.717) is 55.2 Å². The highest BCUT2D eigenvalue weighted by molar-refractivity contribution is 5.78. The molecule has 1 amide bonds. The topological polar surface area (TPSA) is 100 Å². The summed E-state index contributed by atoms with van der Waals surface area (Å²) in [7, 11) is 1.78. The number of aromatic nitrogens is 4. The molecule has 204 valence electrons. The van der Waals surface area contributed by atoms with Crippen molar-refractivity contribution in [1.29, 1.82) is 0 Å². The van der Waals surface area contributed by atoms with E-state index in [1.807, 2.05) is 38.1 Å². The number of hydrogen-bond acceptors (Lipinski definition) is 5. The van der Waals surface area contributed by atoms with Crippen LogP contribution in [0, 0.1) is 11.7 Å². The third-order valence-electron chi connectivity index (χ3n) is 7.15. The van der Waals surface area contributed by atoms with E-state index in [4.69, 9.17) is 9.72 Å². The number of nitrogens with one attached hydrogen (secondary N) is 1. The van der Waals surface area contributed by atoms with Crippen LogP contribution in [0.25, 0.3) is 22.6 Å². The fraction of sp³-hybridized carbons (Fsp3) is 0.379. The second-order valence-electron chi connectivity index (χ2n) is 9.94. The van der Waals surface area contributed by atoms with E-state index in [1.54, 1.807) is 28.3 Å². The first-order chi connectivity index (χ1) is 18.8. The van der Waals surface area contributed by atoms with Gasteiger partial charge in [0.1, 0.15) is 23.5 Å². The fourth-order valence-electron chi connectivity index (χ4n) is 5.23. The molecule has 0 saturated carbocycles. The lowest BCUT2D eigenvalue weighted by molar-refractivity contribution is -0.119. The number of hydrogen-bond donors (Lipinski definition) is 1. The molecule has 1 aliphatic heterocycles. The molecule has 0 aliphatic carbocycles. The summed E-state index contributed by atoms with van der Waals surface area (Å²) in [6.07, 6.45) is 1.29. The Morgan fingerprint density at radius 2 is 1.67 bits per heavy atom. The molecule has 0 bridgehead atoms. The zero-order valence-electron chi connectivity index (χ0n) is 22.3. The van der Waals surface area contributed by atoms with Gasteiger partial charge < -0.3 is 14.6 Å². The Kier molecular flexibility index (Phi) is 7.36. The number of fused-ring (bicyclic) bond motifs is 1. The molecule has 1 N–H and O–H groups in total. The number of carbonyl (C=O) groups is 1. The number of carbonyl (C=O) groups excluding carboxylic acids is 1. The summed E-state index contributed by atoms with van der Waals surface area (Å²) in [5, 5.41) is 2.84. The third-order valence-corrected chi connectivity index (χ3v) is 7.15. The van der Waals surface area contributed by atoms with Gasteiger partial charge in [0, 0.05) is 44.6 Å². The van der Waals surface area contributed by atoms with Crippen molar-refractivity contribution in [2.24, 2.45) is 13.0 Å². The number of halogens is 1. The number of amides is 1. The molecule has 4 aromatic rings. The second-order valence-corrected chi connectivity index (χ2v) is 9.94. The Bertz CT molecular complexity index is 1620. The van der Waals surface area contributed by atoms with E-state index in [2.05, 4.69) is 5.32 Å². The quantitative estimate of drug-likeness (QED) is 0.353. The number of aryl methyl sites for hydroxylation is 2. The first-order valence-corrected chi connectivity index (χ1v) is 13.3. The van der Waals surface area contributed by atoms with Gasteiger partial charge in [-0.1, -0.05) is 26.0 Å². The third kappa shape index (κ3) is 4.98. The molecule has 1 saturated heterocycles. The van der Waals surface area contributed by atoms with E-state index in [9.17, 15) is 18.8 Å². The molecule has 2 aromatic heterocycles. The molecular formula is C29H32FN5O4. The van der Waals surface area contributed by atoms with Gasteiger partial charge in [-0.15, -0.1) is 0 Å². The van der Waals surface area contributed by atoms with Crippen LogP contribution < -0.4 is 21.3 Å². The van der Waals surface area contributed by atoms with E-state index in [0.717, 1.165) is 17.5 Å². The predicted octanol–water partition coefficient (Wildman–Crippen LogP) is 3.78. The average molecular weight is 534 g/mol. The van der Waals surface area contributed by atoms with Crippen LogP contribution in [0.4, 0.5) is 4.39 Å². The van der Waals surface area contributed by atoms with Crippen molar-refractivity contribution >= 4 is 17.1 Å². The number of nitrogens with zero attached hydrogens (tertiary/aromatic N) is 4. The van der Waals surface area contributed by atoms with E-state index < -0.39 is 6.10 Å². The number of imidazole rings is 1. The maximum absolute atomic E-state index is 13.6. The highest BCUT2D eigenvalue weighted by Crippen LogP contribution is 2.33. The van der Waals surface area contributed by atoms with Gasteiger partial charge >= 0.3 is 5.69 Å². The van der Waals surface area contributed by atoms with E-state index >= 15 is 0 Å². The van der Waals surface area contributed by atoms with Crippen LogP contribution in [-0.4, -0.2) is 31.1 Å². The Morgan fingerprint density at radius 1 is 1.00 bits per heavy atom. The normalized spacial score (nSPS) is 16.0. The zero-order chi connectivity index (χ0) is 27.7. The summed E-state index contributed by atoms with van der Waals surface area (Å²) >= 11 is 0. The highest BCUT2D eigenvalue weighted by Gasteiger charge is 2.32. The minimum Gasteiger partial charge on any atom is -0.485 e. The molecule has 5 rings (SSSR count). The Balaban J connectivity index is 1.50. The summed E-state index contributed by atoms with van der Waals surface area (Å²) in [4.78, 5) is 42.9. The molecule has 2 unspecified atom stereocenters. The smallest absolute Gasteiger partial charge is 0.332 e. The van der Waals surface area contributed by atoms with Crippen LogP contribution >= 0.6 is 0 Å². The maximum Gasteiger partial charge on any atom is 0.332 e. The Labute approximate surface area is 224 Å². The number of ether oxygens (including phenoxy) is 1. The summed E-state index contributed by atoms with van der Waals surface area (Å²) < 4.78 is 24.5. The summed E-state index contributed by atoms with van der Waals surface area (Å²) in [5.74, 6) is 0.679. The minimum atomic E-state index is -0.438. The molecule has 2 aromatic carbocycles. The van der Waals surface area contributed by atoms with Gasteiger partial charge in [-0.05, 0) is 54.8 Å². The van der Waals surface area contributed by atoms with Gasteiger partial charge in [-0.2, -0.15) is 0 Å². The van der Waals surface area contributed by atoms with Crippen LogP contribution in [0.2, 0.25) is 0 Å². The van der Waals surface area contributed by atoms with Crippen molar-refractivity contribution in [3.05, 3.63) is 80.7 Å². The Hall–Kier alpha value is -4.21. The van der Waals surface area contributed by atoms with Gasteiger partial charge in [0.05, 0.1) is 0 Å². The summed E-state index contributed by atoms with van der Waals surface area (Å²) in [6, 6.07) is 13.4. The zero-order valence-corrected chi connectivity index (χ0v) is 22.3. The minimum absolute atomic E-state index is 0.0348. The molecule has 0 radical (unpaired) electrons. The largest absolute Gasteiger partial charge is 0.485 e. The standard InChI is InChI=1S/C29H32FN5O4/c1-4-14-34-27-24(28(37)35(15-5-2)29(34)38)33(3)26(32-27)19-8-12-22(13-9-19)39-25(20-16-23(36)31-17-20)18-6-10-21(30)11-7-18/h6-13,20,25H,4-5,14-17H2,1-3H3,(H,31,36). The van der Waals surface area contributed by atoms with Crippen molar-refractivity contribution in [2.75, 3.05) is 6.54 Å². The SMILES string of the molecule is CCCn1c(=O)c2c(nc(-c3ccc(OC(c4ccc(F)cc4)C4CNC(=O)C4)cc3)n2C)n(CCC)c1=O. The van der Waals surface area contributed by atoms with Crippen molar-refractivity contribution in [3.8, 4) is 17.1 Å². The van der Waals surface area contributed by atoms with Gasteiger partial charge in [-0.25, -0.2) is 14.2 Å². The first-order valence-electron chi connectivity index (χ1n) is 13.3.